The molecule has 1 aromatic rings. The monoisotopic (exact) mass is 241 g/mol. The Balaban J connectivity index is 2.82. The van der Waals surface area contributed by atoms with Crippen molar-refractivity contribution in [2.75, 3.05) is 6.54 Å². The number of aliphatic hydroxyl groups is 1. The summed E-state index contributed by atoms with van der Waals surface area (Å²) in [5.41, 5.74) is 1.10. The molecule has 0 saturated carbocycles. The van der Waals surface area contributed by atoms with Gasteiger partial charge in [0.25, 0.3) is 0 Å². The summed E-state index contributed by atoms with van der Waals surface area (Å²) < 4.78 is 0. The Morgan fingerprint density at radius 1 is 1.25 bits per heavy atom. The van der Waals surface area contributed by atoms with Crippen LogP contribution in [0, 0.1) is 5.92 Å². The van der Waals surface area contributed by atoms with Gasteiger partial charge in [-0.25, -0.2) is 0 Å². The molecule has 0 aromatic heterocycles. The van der Waals surface area contributed by atoms with Crippen LogP contribution >= 0.6 is 11.6 Å². The molecule has 0 aliphatic rings. The van der Waals surface area contributed by atoms with Gasteiger partial charge in [-0.15, -0.1) is 0 Å². The largest absolute Gasteiger partial charge is 0.392 e. The zero-order valence-corrected chi connectivity index (χ0v) is 10.8. The first kappa shape index (κ1) is 13.5. The van der Waals surface area contributed by atoms with Crippen molar-refractivity contribution in [3.8, 4) is 0 Å². The molecule has 0 aliphatic carbocycles. The zero-order valence-electron chi connectivity index (χ0n) is 10.1. The number of hydrogen-bond donors (Lipinski definition) is 2. The number of aliphatic hydroxyl groups excluding tert-OH is 1. The lowest BCUT2D eigenvalue weighted by Gasteiger charge is -2.24. The van der Waals surface area contributed by atoms with E-state index >= 15 is 0 Å². The molecule has 0 heterocycles. The van der Waals surface area contributed by atoms with Crippen LogP contribution in [0.15, 0.2) is 24.3 Å². The SMILES string of the molecule is CC(C)C(NC[C@H](C)O)c1ccccc1Cl. The highest BCUT2D eigenvalue weighted by Gasteiger charge is 2.17. The van der Waals surface area contributed by atoms with Crippen LogP contribution < -0.4 is 5.32 Å². The van der Waals surface area contributed by atoms with Crippen molar-refractivity contribution in [2.45, 2.75) is 32.9 Å². The highest BCUT2D eigenvalue weighted by Crippen LogP contribution is 2.27. The van der Waals surface area contributed by atoms with Crippen molar-refractivity contribution >= 4 is 11.6 Å². The highest BCUT2D eigenvalue weighted by molar-refractivity contribution is 6.31. The summed E-state index contributed by atoms with van der Waals surface area (Å²) >= 11 is 6.18. The lowest BCUT2D eigenvalue weighted by molar-refractivity contribution is 0.181. The molecule has 0 fully saturated rings. The van der Waals surface area contributed by atoms with E-state index in [1.165, 1.54) is 0 Å². The van der Waals surface area contributed by atoms with Crippen molar-refractivity contribution in [3.63, 3.8) is 0 Å². The maximum absolute atomic E-state index is 9.30. The summed E-state index contributed by atoms with van der Waals surface area (Å²) in [6.07, 6.45) is -0.344. The van der Waals surface area contributed by atoms with Gasteiger partial charge in [-0.3, -0.25) is 0 Å². The Bertz CT molecular complexity index is 325. The third kappa shape index (κ3) is 3.78. The van der Waals surface area contributed by atoms with E-state index in [1.54, 1.807) is 6.92 Å². The fraction of sp³-hybridized carbons (Fsp3) is 0.538. The number of benzene rings is 1. The number of halogens is 1. The van der Waals surface area contributed by atoms with Gasteiger partial charge in [-0.2, -0.15) is 0 Å². The minimum Gasteiger partial charge on any atom is -0.392 e. The van der Waals surface area contributed by atoms with Crippen LogP contribution in [0.25, 0.3) is 0 Å². The van der Waals surface area contributed by atoms with Gasteiger partial charge < -0.3 is 10.4 Å². The predicted molar refractivity (Wildman–Crippen MR) is 68.7 cm³/mol. The van der Waals surface area contributed by atoms with E-state index in [4.69, 9.17) is 11.6 Å². The lowest BCUT2D eigenvalue weighted by Crippen LogP contribution is -2.31. The Morgan fingerprint density at radius 2 is 1.88 bits per heavy atom. The van der Waals surface area contributed by atoms with Gasteiger partial charge in [-0.05, 0) is 24.5 Å². The molecule has 2 nitrogen and oxygen atoms in total. The third-order valence-corrected chi connectivity index (χ3v) is 2.88. The molecule has 1 aromatic carbocycles. The highest BCUT2D eigenvalue weighted by atomic mass is 35.5. The molecule has 0 spiro atoms. The standard InChI is InChI=1S/C13H20ClNO/c1-9(2)13(15-8-10(3)16)11-6-4-5-7-12(11)14/h4-7,9-10,13,15-16H,8H2,1-3H3/t10-,13?/m0/s1. The Hall–Kier alpha value is -0.570. The average Bonchev–Trinajstić information content (AvgIpc) is 2.20. The van der Waals surface area contributed by atoms with Crippen molar-refractivity contribution in [1.29, 1.82) is 0 Å². The molecular formula is C13H20ClNO. The van der Waals surface area contributed by atoms with Crippen molar-refractivity contribution in [3.05, 3.63) is 34.9 Å². The normalized spacial score (nSPS) is 15.1. The molecule has 16 heavy (non-hydrogen) atoms. The first-order valence-corrected chi connectivity index (χ1v) is 6.06. The summed E-state index contributed by atoms with van der Waals surface area (Å²) in [6, 6.07) is 8.03. The molecule has 0 radical (unpaired) electrons. The van der Waals surface area contributed by atoms with Crippen molar-refractivity contribution < 1.29 is 5.11 Å². The fourth-order valence-corrected chi connectivity index (χ4v) is 1.98. The van der Waals surface area contributed by atoms with Crippen LogP contribution in [0.4, 0.5) is 0 Å². The minimum atomic E-state index is -0.344. The van der Waals surface area contributed by atoms with Crippen LogP contribution in [0.1, 0.15) is 32.4 Å². The molecule has 0 bridgehead atoms. The molecular weight excluding hydrogens is 222 g/mol. The maximum atomic E-state index is 9.30. The Kier molecular flexibility index (Phi) is 5.26. The summed E-state index contributed by atoms with van der Waals surface area (Å²) in [4.78, 5) is 0. The molecule has 0 aliphatic heterocycles. The quantitative estimate of drug-likeness (QED) is 0.831. The number of nitrogens with one attached hydrogen (secondary N) is 1. The van der Waals surface area contributed by atoms with E-state index < -0.39 is 0 Å². The smallest absolute Gasteiger partial charge is 0.0636 e. The van der Waals surface area contributed by atoms with Crippen LogP contribution in [0.5, 0.6) is 0 Å². The van der Waals surface area contributed by atoms with E-state index in [9.17, 15) is 5.11 Å². The summed E-state index contributed by atoms with van der Waals surface area (Å²) in [7, 11) is 0. The van der Waals surface area contributed by atoms with E-state index in [2.05, 4.69) is 19.2 Å². The molecule has 90 valence electrons. The second-order valence-electron chi connectivity index (χ2n) is 4.50. The molecule has 0 amide bonds. The van der Waals surface area contributed by atoms with Crippen molar-refractivity contribution in [2.24, 2.45) is 5.92 Å². The molecule has 1 rings (SSSR count). The van der Waals surface area contributed by atoms with Gasteiger partial charge in [0.2, 0.25) is 0 Å². The molecule has 2 atom stereocenters. The lowest BCUT2D eigenvalue weighted by atomic mass is 9.96. The van der Waals surface area contributed by atoms with Crippen molar-refractivity contribution in [1.82, 2.24) is 5.32 Å². The fourth-order valence-electron chi connectivity index (χ4n) is 1.73. The second-order valence-corrected chi connectivity index (χ2v) is 4.91. The van der Waals surface area contributed by atoms with Crippen LogP contribution in [-0.4, -0.2) is 17.8 Å². The summed E-state index contributed by atoms with van der Waals surface area (Å²) in [6.45, 7) is 6.64. The van der Waals surface area contributed by atoms with E-state index in [1.807, 2.05) is 24.3 Å². The molecule has 0 saturated heterocycles. The topological polar surface area (TPSA) is 32.3 Å². The van der Waals surface area contributed by atoms with Crippen LogP contribution in [0.2, 0.25) is 5.02 Å². The van der Waals surface area contributed by atoms with E-state index in [-0.39, 0.29) is 12.1 Å². The van der Waals surface area contributed by atoms with Gasteiger partial charge >= 0.3 is 0 Å². The van der Waals surface area contributed by atoms with Crippen LogP contribution in [0.3, 0.4) is 0 Å². The third-order valence-electron chi connectivity index (χ3n) is 2.54. The van der Waals surface area contributed by atoms with Gasteiger partial charge in [-0.1, -0.05) is 43.6 Å². The van der Waals surface area contributed by atoms with E-state index in [0.717, 1.165) is 10.6 Å². The van der Waals surface area contributed by atoms with Crippen LogP contribution in [-0.2, 0) is 0 Å². The Labute approximate surface area is 103 Å². The average molecular weight is 242 g/mol. The molecule has 3 heteroatoms. The van der Waals surface area contributed by atoms with Gasteiger partial charge in [0.15, 0.2) is 0 Å². The van der Waals surface area contributed by atoms with E-state index in [0.29, 0.717) is 12.5 Å². The second kappa shape index (κ2) is 6.24. The van der Waals surface area contributed by atoms with Gasteiger partial charge in [0, 0.05) is 17.6 Å². The molecule has 2 N–H and O–H groups in total. The maximum Gasteiger partial charge on any atom is 0.0636 e. The first-order valence-electron chi connectivity index (χ1n) is 5.68. The molecule has 1 unspecified atom stereocenters. The predicted octanol–water partition coefficient (Wildman–Crippen LogP) is 3.01. The number of rotatable bonds is 5. The van der Waals surface area contributed by atoms with Gasteiger partial charge in [0.1, 0.15) is 0 Å². The summed E-state index contributed by atoms with van der Waals surface area (Å²) in [5.74, 6) is 0.429. The van der Waals surface area contributed by atoms with Gasteiger partial charge in [0.05, 0.1) is 6.10 Å². The summed E-state index contributed by atoms with van der Waals surface area (Å²) in [5, 5.41) is 13.4. The number of hydrogen-bond acceptors (Lipinski definition) is 2. The first-order chi connectivity index (χ1) is 7.52. The Morgan fingerprint density at radius 3 is 2.38 bits per heavy atom. The minimum absolute atomic E-state index is 0.184. The zero-order chi connectivity index (χ0) is 12.1.